The van der Waals surface area contributed by atoms with Crippen molar-refractivity contribution in [3.05, 3.63) is 16.8 Å². The molecule has 0 aromatic carbocycles. The van der Waals surface area contributed by atoms with Gasteiger partial charge in [-0.25, -0.2) is 9.97 Å². The number of nitrogens with zero attached hydrogens (tertiary/aromatic N) is 3. The maximum absolute atomic E-state index is 4.63. The Labute approximate surface area is 136 Å². The van der Waals surface area contributed by atoms with Gasteiger partial charge in [-0.05, 0) is 57.6 Å². The number of hydrogen-bond acceptors (Lipinski definition) is 5. The van der Waals surface area contributed by atoms with Crippen LogP contribution in [0.25, 0.3) is 10.2 Å². The summed E-state index contributed by atoms with van der Waals surface area (Å²) in [5.41, 5.74) is 1.36. The number of piperidine rings is 1. The topological polar surface area (TPSA) is 41.1 Å². The monoisotopic (exact) mass is 316 g/mol. The van der Waals surface area contributed by atoms with Crippen LogP contribution in [0.5, 0.6) is 0 Å². The van der Waals surface area contributed by atoms with Gasteiger partial charge in [-0.15, -0.1) is 11.3 Å². The molecule has 0 spiro atoms. The van der Waals surface area contributed by atoms with Gasteiger partial charge in [0.1, 0.15) is 17.0 Å². The summed E-state index contributed by atoms with van der Waals surface area (Å²) in [6.45, 7) is 7.86. The van der Waals surface area contributed by atoms with Crippen LogP contribution >= 0.6 is 11.3 Å². The van der Waals surface area contributed by atoms with Crippen molar-refractivity contribution in [2.45, 2.75) is 45.6 Å². The summed E-state index contributed by atoms with van der Waals surface area (Å²) in [4.78, 5) is 14.1. The molecule has 5 heteroatoms. The fourth-order valence-electron chi connectivity index (χ4n) is 4.03. The van der Waals surface area contributed by atoms with Gasteiger partial charge >= 0.3 is 0 Å². The molecule has 2 aliphatic rings. The summed E-state index contributed by atoms with van der Waals surface area (Å²) in [7, 11) is 0. The van der Waals surface area contributed by atoms with E-state index in [9.17, 15) is 0 Å². The van der Waals surface area contributed by atoms with Crippen molar-refractivity contribution in [3.63, 3.8) is 0 Å². The highest BCUT2D eigenvalue weighted by atomic mass is 32.1. The van der Waals surface area contributed by atoms with Gasteiger partial charge in [0, 0.05) is 24.0 Å². The van der Waals surface area contributed by atoms with E-state index in [0.717, 1.165) is 35.7 Å². The molecule has 0 bridgehead atoms. The molecule has 2 aliphatic heterocycles. The largest absolute Gasteiger partial charge is 0.356 e. The van der Waals surface area contributed by atoms with E-state index in [0.29, 0.717) is 0 Å². The number of nitrogens with one attached hydrogen (secondary N) is 1. The molecule has 4 rings (SSSR count). The Balaban J connectivity index is 1.56. The summed E-state index contributed by atoms with van der Waals surface area (Å²) in [6.07, 6.45) is 7.02. The quantitative estimate of drug-likeness (QED) is 0.923. The van der Waals surface area contributed by atoms with Gasteiger partial charge in [-0.1, -0.05) is 0 Å². The van der Waals surface area contributed by atoms with Crippen LogP contribution in [0.1, 0.15) is 36.1 Å². The molecule has 2 saturated heterocycles. The van der Waals surface area contributed by atoms with E-state index in [1.54, 1.807) is 17.7 Å². The summed E-state index contributed by atoms with van der Waals surface area (Å²) >= 11 is 1.79. The normalized spacial score (nSPS) is 23.5. The molecule has 1 atom stereocenters. The standard InChI is InChI=1S/C17H24N4S/c1-11-12(2)22-17-15(11)16(19-10-20-17)21-8-5-13(6-9-21)14-4-3-7-18-14/h10,13-14,18H,3-9H2,1-2H3. The second-order valence-corrected chi connectivity index (χ2v) is 7.89. The molecule has 0 amide bonds. The Kier molecular flexibility index (Phi) is 3.78. The second kappa shape index (κ2) is 5.78. The molecule has 0 saturated carbocycles. The van der Waals surface area contributed by atoms with Crippen molar-refractivity contribution in [1.82, 2.24) is 15.3 Å². The molecule has 2 aromatic heterocycles. The fourth-order valence-corrected chi connectivity index (χ4v) is 5.02. The number of aromatic nitrogens is 2. The second-order valence-electron chi connectivity index (χ2n) is 6.69. The lowest BCUT2D eigenvalue weighted by Crippen LogP contribution is -2.41. The lowest BCUT2D eigenvalue weighted by atomic mass is 9.88. The van der Waals surface area contributed by atoms with Gasteiger partial charge in [-0.3, -0.25) is 0 Å². The molecular formula is C17H24N4S. The maximum atomic E-state index is 4.63. The molecule has 4 heterocycles. The predicted octanol–water partition coefficient (Wildman–Crippen LogP) is 3.28. The van der Waals surface area contributed by atoms with Crippen LogP contribution in [0.2, 0.25) is 0 Å². The van der Waals surface area contributed by atoms with Crippen LogP contribution in [-0.2, 0) is 0 Å². The summed E-state index contributed by atoms with van der Waals surface area (Å²) < 4.78 is 0. The number of fused-ring (bicyclic) bond motifs is 1. The highest BCUT2D eigenvalue weighted by molar-refractivity contribution is 7.18. The van der Waals surface area contributed by atoms with Gasteiger partial charge in [0.2, 0.25) is 0 Å². The van der Waals surface area contributed by atoms with Gasteiger partial charge < -0.3 is 10.2 Å². The van der Waals surface area contributed by atoms with Crippen LogP contribution < -0.4 is 10.2 Å². The molecule has 1 unspecified atom stereocenters. The number of rotatable bonds is 2. The lowest BCUT2D eigenvalue weighted by molar-refractivity contribution is 0.318. The number of hydrogen-bond donors (Lipinski definition) is 1. The zero-order chi connectivity index (χ0) is 15.1. The molecule has 2 fully saturated rings. The maximum Gasteiger partial charge on any atom is 0.141 e. The SMILES string of the molecule is Cc1sc2ncnc(N3CCC(C4CCCN4)CC3)c2c1C. The van der Waals surface area contributed by atoms with Crippen molar-refractivity contribution in [3.8, 4) is 0 Å². The van der Waals surface area contributed by atoms with Gasteiger partial charge in [-0.2, -0.15) is 0 Å². The predicted molar refractivity (Wildman–Crippen MR) is 92.9 cm³/mol. The van der Waals surface area contributed by atoms with Crippen molar-refractivity contribution in [1.29, 1.82) is 0 Å². The molecule has 118 valence electrons. The van der Waals surface area contributed by atoms with E-state index >= 15 is 0 Å². The van der Waals surface area contributed by atoms with Crippen molar-refractivity contribution >= 4 is 27.4 Å². The Hall–Kier alpha value is -1.20. The first-order valence-corrected chi connectivity index (χ1v) is 9.24. The van der Waals surface area contributed by atoms with Crippen LogP contribution in [0, 0.1) is 19.8 Å². The minimum Gasteiger partial charge on any atom is -0.356 e. The molecule has 0 aliphatic carbocycles. The average Bonchev–Trinajstić information content (AvgIpc) is 3.17. The van der Waals surface area contributed by atoms with Crippen molar-refractivity contribution < 1.29 is 0 Å². The third kappa shape index (κ3) is 2.40. The summed E-state index contributed by atoms with van der Waals surface area (Å²) in [6, 6.07) is 0.762. The number of anilines is 1. The Bertz CT molecular complexity index is 667. The smallest absolute Gasteiger partial charge is 0.141 e. The van der Waals surface area contributed by atoms with E-state index in [-0.39, 0.29) is 0 Å². The Morgan fingerprint density at radius 3 is 2.73 bits per heavy atom. The fraction of sp³-hybridized carbons (Fsp3) is 0.647. The summed E-state index contributed by atoms with van der Waals surface area (Å²) in [5.74, 6) is 2.01. The first-order valence-electron chi connectivity index (χ1n) is 8.43. The zero-order valence-corrected chi connectivity index (χ0v) is 14.2. The molecule has 1 N–H and O–H groups in total. The third-order valence-corrected chi connectivity index (χ3v) is 6.57. The van der Waals surface area contributed by atoms with Crippen LogP contribution in [-0.4, -0.2) is 35.6 Å². The third-order valence-electron chi connectivity index (χ3n) is 5.45. The van der Waals surface area contributed by atoms with Gasteiger partial charge in [0.05, 0.1) is 5.39 Å². The molecule has 2 aromatic rings. The highest BCUT2D eigenvalue weighted by Crippen LogP contribution is 2.36. The number of thiophene rings is 1. The minimum absolute atomic E-state index is 0.762. The minimum atomic E-state index is 0.762. The molecule has 4 nitrogen and oxygen atoms in total. The first-order chi connectivity index (χ1) is 10.7. The molecule has 0 radical (unpaired) electrons. The van der Waals surface area contributed by atoms with Gasteiger partial charge in [0.25, 0.3) is 0 Å². The van der Waals surface area contributed by atoms with Crippen LogP contribution in [0.3, 0.4) is 0 Å². The first kappa shape index (κ1) is 14.4. The Morgan fingerprint density at radius 1 is 1.18 bits per heavy atom. The van der Waals surface area contributed by atoms with Crippen molar-refractivity contribution in [2.75, 3.05) is 24.5 Å². The number of aryl methyl sites for hydroxylation is 2. The van der Waals surface area contributed by atoms with E-state index in [1.165, 1.54) is 48.1 Å². The highest BCUT2D eigenvalue weighted by Gasteiger charge is 2.29. The van der Waals surface area contributed by atoms with E-state index in [4.69, 9.17) is 0 Å². The zero-order valence-electron chi connectivity index (χ0n) is 13.4. The van der Waals surface area contributed by atoms with Crippen LogP contribution in [0.15, 0.2) is 6.33 Å². The molecular weight excluding hydrogens is 292 g/mol. The van der Waals surface area contributed by atoms with E-state index in [2.05, 4.69) is 34.0 Å². The molecule has 22 heavy (non-hydrogen) atoms. The van der Waals surface area contributed by atoms with Crippen LogP contribution in [0.4, 0.5) is 5.82 Å². The van der Waals surface area contributed by atoms with Gasteiger partial charge in [0.15, 0.2) is 0 Å². The van der Waals surface area contributed by atoms with E-state index < -0.39 is 0 Å². The Morgan fingerprint density at radius 2 is 2.00 bits per heavy atom. The van der Waals surface area contributed by atoms with Crippen molar-refractivity contribution in [2.24, 2.45) is 5.92 Å². The van der Waals surface area contributed by atoms with E-state index in [1.807, 2.05) is 0 Å². The average molecular weight is 316 g/mol. The lowest BCUT2D eigenvalue weighted by Gasteiger charge is -2.35. The summed E-state index contributed by atoms with van der Waals surface area (Å²) in [5, 5.41) is 4.96.